The van der Waals surface area contributed by atoms with Crippen LogP contribution in [0, 0.1) is 0 Å². The predicted octanol–water partition coefficient (Wildman–Crippen LogP) is 2.59. The summed E-state index contributed by atoms with van der Waals surface area (Å²) in [5.41, 5.74) is 3.94. The Balaban J connectivity index is 2.24. The zero-order valence-electron chi connectivity index (χ0n) is 8.39. The molecule has 2 aromatic rings. The first kappa shape index (κ1) is 9.25. The molecule has 3 heteroatoms. The van der Waals surface area contributed by atoms with E-state index in [-0.39, 0.29) is 6.04 Å². The van der Waals surface area contributed by atoms with Crippen LogP contribution in [0.15, 0.2) is 24.3 Å². The number of fused-ring (bicyclic) bond motifs is 3. The standard InChI is InChI=1S/C12H13ClN2/c13-7-11-12-9(5-6-14-11)8-3-1-2-4-10(8)15-12/h1-4,11,14-15H,5-7H2/t11-/m1/s1. The number of alkyl halides is 1. The third kappa shape index (κ3) is 1.36. The minimum absolute atomic E-state index is 0.280. The van der Waals surface area contributed by atoms with E-state index < -0.39 is 0 Å². The highest BCUT2D eigenvalue weighted by Gasteiger charge is 2.22. The van der Waals surface area contributed by atoms with Gasteiger partial charge in [-0.2, -0.15) is 0 Å². The molecule has 0 saturated carbocycles. The summed E-state index contributed by atoms with van der Waals surface area (Å²) < 4.78 is 0. The Bertz CT molecular complexity index is 489. The number of para-hydroxylation sites is 1. The maximum absolute atomic E-state index is 5.95. The predicted molar refractivity (Wildman–Crippen MR) is 63.5 cm³/mol. The second-order valence-electron chi connectivity index (χ2n) is 3.97. The minimum Gasteiger partial charge on any atom is -0.357 e. The zero-order chi connectivity index (χ0) is 10.3. The molecule has 3 rings (SSSR count). The van der Waals surface area contributed by atoms with E-state index in [9.17, 15) is 0 Å². The average molecular weight is 221 g/mol. The van der Waals surface area contributed by atoms with Crippen molar-refractivity contribution < 1.29 is 0 Å². The summed E-state index contributed by atoms with van der Waals surface area (Å²) in [5, 5.41) is 4.77. The van der Waals surface area contributed by atoms with E-state index in [4.69, 9.17) is 11.6 Å². The van der Waals surface area contributed by atoms with Crippen molar-refractivity contribution in [2.45, 2.75) is 12.5 Å². The van der Waals surface area contributed by atoms with Gasteiger partial charge in [0.15, 0.2) is 0 Å². The first-order valence-electron chi connectivity index (χ1n) is 5.29. The molecule has 78 valence electrons. The molecule has 0 aliphatic carbocycles. The number of hydrogen-bond donors (Lipinski definition) is 2. The highest BCUT2D eigenvalue weighted by Crippen LogP contribution is 2.30. The molecule has 0 radical (unpaired) electrons. The van der Waals surface area contributed by atoms with Crippen LogP contribution in [0.2, 0.25) is 0 Å². The van der Waals surface area contributed by atoms with Crippen LogP contribution in [0.5, 0.6) is 0 Å². The van der Waals surface area contributed by atoms with Crippen molar-refractivity contribution in [2.75, 3.05) is 12.4 Å². The van der Waals surface area contributed by atoms with E-state index in [1.165, 1.54) is 22.2 Å². The fourth-order valence-electron chi connectivity index (χ4n) is 2.39. The Hall–Kier alpha value is -0.990. The van der Waals surface area contributed by atoms with Gasteiger partial charge in [0.2, 0.25) is 0 Å². The second-order valence-corrected chi connectivity index (χ2v) is 4.28. The summed E-state index contributed by atoms with van der Waals surface area (Å²) in [4.78, 5) is 3.47. The molecule has 0 bridgehead atoms. The Kier molecular flexibility index (Phi) is 2.19. The SMILES string of the molecule is ClC[C@H]1NCCc2c1[nH]c1ccccc21. The molecule has 0 spiro atoms. The quantitative estimate of drug-likeness (QED) is 0.711. The molecule has 0 saturated heterocycles. The number of H-pyrrole nitrogens is 1. The fourth-order valence-corrected chi connectivity index (χ4v) is 2.66. The van der Waals surface area contributed by atoms with E-state index in [1.54, 1.807) is 0 Å². The summed E-state index contributed by atoms with van der Waals surface area (Å²) >= 11 is 5.95. The zero-order valence-corrected chi connectivity index (χ0v) is 9.14. The van der Waals surface area contributed by atoms with Gasteiger partial charge in [-0.3, -0.25) is 0 Å². The monoisotopic (exact) mass is 220 g/mol. The fraction of sp³-hybridized carbons (Fsp3) is 0.333. The van der Waals surface area contributed by atoms with E-state index in [0.717, 1.165) is 13.0 Å². The number of rotatable bonds is 1. The lowest BCUT2D eigenvalue weighted by Crippen LogP contribution is -2.30. The van der Waals surface area contributed by atoms with Crippen LogP contribution in [0.4, 0.5) is 0 Å². The number of aromatic nitrogens is 1. The largest absolute Gasteiger partial charge is 0.357 e. The van der Waals surface area contributed by atoms with Gasteiger partial charge in [0.05, 0.1) is 6.04 Å². The van der Waals surface area contributed by atoms with E-state index >= 15 is 0 Å². The highest BCUT2D eigenvalue weighted by atomic mass is 35.5. The van der Waals surface area contributed by atoms with E-state index in [1.807, 2.05) is 0 Å². The van der Waals surface area contributed by atoms with Gasteiger partial charge < -0.3 is 10.3 Å². The molecule has 0 fully saturated rings. The molecule has 2 heterocycles. The number of hydrogen-bond acceptors (Lipinski definition) is 1. The van der Waals surface area contributed by atoms with Crippen molar-refractivity contribution in [3.63, 3.8) is 0 Å². The molecule has 0 unspecified atom stereocenters. The van der Waals surface area contributed by atoms with Crippen LogP contribution in [-0.2, 0) is 6.42 Å². The van der Waals surface area contributed by atoms with Crippen LogP contribution < -0.4 is 5.32 Å². The van der Waals surface area contributed by atoms with Gasteiger partial charge in [0, 0.05) is 22.5 Å². The summed E-state index contributed by atoms with van der Waals surface area (Å²) in [7, 11) is 0. The lowest BCUT2D eigenvalue weighted by Gasteiger charge is -2.22. The normalized spacial score (nSPS) is 20.5. The Morgan fingerprint density at radius 2 is 2.20 bits per heavy atom. The number of nitrogens with one attached hydrogen (secondary N) is 2. The van der Waals surface area contributed by atoms with Crippen molar-refractivity contribution in [1.82, 2.24) is 10.3 Å². The van der Waals surface area contributed by atoms with Crippen LogP contribution in [0.3, 0.4) is 0 Å². The van der Waals surface area contributed by atoms with Crippen LogP contribution in [0.1, 0.15) is 17.3 Å². The average Bonchev–Trinajstić information content (AvgIpc) is 2.67. The van der Waals surface area contributed by atoms with Gasteiger partial charge in [0.25, 0.3) is 0 Å². The van der Waals surface area contributed by atoms with E-state index in [2.05, 4.69) is 34.6 Å². The molecular formula is C12H13ClN2. The molecule has 15 heavy (non-hydrogen) atoms. The maximum Gasteiger partial charge on any atom is 0.0613 e. The topological polar surface area (TPSA) is 27.8 Å². The van der Waals surface area contributed by atoms with Gasteiger partial charge in [-0.05, 0) is 24.6 Å². The summed E-state index contributed by atoms with van der Waals surface area (Å²) in [6, 6.07) is 8.74. The lowest BCUT2D eigenvalue weighted by atomic mass is 10.0. The third-order valence-electron chi connectivity index (χ3n) is 3.12. The molecule has 1 aliphatic heterocycles. The Morgan fingerprint density at radius 1 is 1.33 bits per heavy atom. The Morgan fingerprint density at radius 3 is 3.07 bits per heavy atom. The van der Waals surface area contributed by atoms with E-state index in [0.29, 0.717) is 5.88 Å². The number of benzene rings is 1. The molecule has 0 amide bonds. The molecule has 2 nitrogen and oxygen atoms in total. The molecule has 2 N–H and O–H groups in total. The van der Waals surface area contributed by atoms with Crippen LogP contribution in [0.25, 0.3) is 10.9 Å². The van der Waals surface area contributed by atoms with Gasteiger partial charge in [-0.1, -0.05) is 18.2 Å². The van der Waals surface area contributed by atoms with Gasteiger partial charge in [-0.15, -0.1) is 11.6 Å². The summed E-state index contributed by atoms with van der Waals surface area (Å²) in [6.07, 6.45) is 1.09. The lowest BCUT2D eigenvalue weighted by molar-refractivity contribution is 0.537. The smallest absolute Gasteiger partial charge is 0.0613 e. The molecule has 1 aliphatic rings. The van der Waals surface area contributed by atoms with Crippen molar-refractivity contribution in [3.8, 4) is 0 Å². The maximum atomic E-state index is 5.95. The van der Waals surface area contributed by atoms with Gasteiger partial charge in [-0.25, -0.2) is 0 Å². The summed E-state index contributed by atoms with van der Waals surface area (Å²) in [5.74, 6) is 0.625. The van der Waals surface area contributed by atoms with Crippen LogP contribution >= 0.6 is 11.6 Å². The molecule has 1 atom stereocenters. The summed E-state index contributed by atoms with van der Waals surface area (Å²) in [6.45, 7) is 1.02. The number of aromatic amines is 1. The van der Waals surface area contributed by atoms with Gasteiger partial charge >= 0.3 is 0 Å². The first-order valence-corrected chi connectivity index (χ1v) is 5.82. The van der Waals surface area contributed by atoms with Crippen molar-refractivity contribution >= 4 is 22.5 Å². The van der Waals surface area contributed by atoms with Crippen molar-refractivity contribution in [2.24, 2.45) is 0 Å². The van der Waals surface area contributed by atoms with Crippen molar-refractivity contribution in [1.29, 1.82) is 0 Å². The number of halogens is 1. The Labute approximate surface area is 93.6 Å². The second kappa shape index (κ2) is 3.54. The molecule has 1 aromatic carbocycles. The van der Waals surface area contributed by atoms with Crippen LogP contribution in [-0.4, -0.2) is 17.4 Å². The molecule has 1 aromatic heterocycles. The first-order chi connectivity index (χ1) is 7.40. The van der Waals surface area contributed by atoms with Gasteiger partial charge in [0.1, 0.15) is 0 Å². The van der Waals surface area contributed by atoms with Crippen molar-refractivity contribution in [3.05, 3.63) is 35.5 Å². The minimum atomic E-state index is 0.280. The third-order valence-corrected chi connectivity index (χ3v) is 3.42. The highest BCUT2D eigenvalue weighted by molar-refractivity contribution is 6.18. The molecular weight excluding hydrogens is 208 g/mol.